The lowest BCUT2D eigenvalue weighted by atomic mass is 10.3. The van der Waals surface area contributed by atoms with E-state index in [0.29, 0.717) is 17.4 Å². The summed E-state index contributed by atoms with van der Waals surface area (Å²) in [5, 5.41) is 0.292. The molecule has 0 unspecified atom stereocenters. The molecule has 4 nitrogen and oxygen atoms in total. The van der Waals surface area contributed by atoms with Gasteiger partial charge in [0.2, 0.25) is 0 Å². The zero-order valence-electron chi connectivity index (χ0n) is 8.94. The van der Waals surface area contributed by atoms with E-state index in [1.165, 1.54) is 12.1 Å². The van der Waals surface area contributed by atoms with Gasteiger partial charge in [-0.3, -0.25) is 0 Å². The summed E-state index contributed by atoms with van der Waals surface area (Å²) < 4.78 is 28.6. The van der Waals surface area contributed by atoms with Crippen LogP contribution in [0.25, 0.3) is 0 Å². The molecule has 2 N–H and O–H groups in total. The maximum atomic E-state index is 11.7. The topological polar surface area (TPSA) is 69.4 Å². The van der Waals surface area contributed by atoms with Crippen LogP contribution in [0.5, 0.6) is 5.75 Å². The molecule has 0 spiro atoms. The summed E-state index contributed by atoms with van der Waals surface area (Å²) >= 11 is 5.89. The van der Waals surface area contributed by atoms with Gasteiger partial charge in [0.15, 0.2) is 9.84 Å². The standard InChI is InChI=1S/C10H14ClNO3S/c1-2-15-10-4-3-8(7-9(10)11)16(13,14)6-5-12/h3-4,7H,2,5-6,12H2,1H3. The maximum Gasteiger partial charge on any atom is 0.179 e. The zero-order chi connectivity index (χ0) is 12.2. The molecular weight excluding hydrogens is 250 g/mol. The van der Waals surface area contributed by atoms with Crippen LogP contribution in [0.1, 0.15) is 6.92 Å². The molecule has 1 aromatic carbocycles. The summed E-state index contributed by atoms with van der Waals surface area (Å²) in [6.07, 6.45) is 0. The number of halogens is 1. The molecule has 1 rings (SSSR count). The van der Waals surface area contributed by atoms with Crippen molar-refractivity contribution in [2.24, 2.45) is 5.73 Å². The highest BCUT2D eigenvalue weighted by Gasteiger charge is 2.15. The van der Waals surface area contributed by atoms with Crippen LogP contribution in [0.15, 0.2) is 23.1 Å². The Hall–Kier alpha value is -0.780. The Kier molecular flexibility index (Phi) is 4.58. The smallest absolute Gasteiger partial charge is 0.179 e. The van der Waals surface area contributed by atoms with Crippen molar-refractivity contribution in [3.63, 3.8) is 0 Å². The highest BCUT2D eigenvalue weighted by atomic mass is 35.5. The Labute approximate surface area is 100 Å². The average molecular weight is 264 g/mol. The SMILES string of the molecule is CCOc1ccc(S(=O)(=O)CCN)cc1Cl. The first-order chi connectivity index (χ1) is 7.51. The van der Waals surface area contributed by atoms with Crippen molar-refractivity contribution in [1.82, 2.24) is 0 Å². The molecule has 0 aromatic heterocycles. The van der Waals surface area contributed by atoms with Gasteiger partial charge in [-0.1, -0.05) is 11.6 Å². The number of sulfone groups is 1. The zero-order valence-corrected chi connectivity index (χ0v) is 10.5. The van der Waals surface area contributed by atoms with Gasteiger partial charge in [0.25, 0.3) is 0 Å². The van der Waals surface area contributed by atoms with Crippen molar-refractivity contribution in [2.75, 3.05) is 18.9 Å². The van der Waals surface area contributed by atoms with Gasteiger partial charge in [0.1, 0.15) is 5.75 Å². The number of hydrogen-bond acceptors (Lipinski definition) is 4. The summed E-state index contributed by atoms with van der Waals surface area (Å²) in [5.41, 5.74) is 5.23. The van der Waals surface area contributed by atoms with E-state index >= 15 is 0 Å². The summed E-state index contributed by atoms with van der Waals surface area (Å²) in [6.45, 7) is 2.40. The first kappa shape index (κ1) is 13.3. The van der Waals surface area contributed by atoms with Gasteiger partial charge in [-0.25, -0.2) is 8.42 Å². The molecule has 0 aliphatic carbocycles. The number of hydrogen-bond donors (Lipinski definition) is 1. The fourth-order valence-electron chi connectivity index (χ4n) is 1.22. The highest BCUT2D eigenvalue weighted by Crippen LogP contribution is 2.27. The highest BCUT2D eigenvalue weighted by molar-refractivity contribution is 7.91. The second-order valence-corrected chi connectivity index (χ2v) is 5.65. The van der Waals surface area contributed by atoms with Crippen LogP contribution >= 0.6 is 11.6 Å². The Morgan fingerprint density at radius 2 is 2.12 bits per heavy atom. The third-order valence-electron chi connectivity index (χ3n) is 1.95. The van der Waals surface area contributed by atoms with Crippen LogP contribution in [-0.4, -0.2) is 27.3 Å². The normalized spacial score (nSPS) is 11.4. The first-order valence-electron chi connectivity index (χ1n) is 4.86. The van der Waals surface area contributed by atoms with Crippen molar-refractivity contribution in [3.05, 3.63) is 23.2 Å². The average Bonchev–Trinajstić information content (AvgIpc) is 2.21. The van der Waals surface area contributed by atoms with Crippen LogP contribution in [0.4, 0.5) is 0 Å². The van der Waals surface area contributed by atoms with Gasteiger partial charge in [-0.15, -0.1) is 0 Å². The van der Waals surface area contributed by atoms with Crippen LogP contribution in [-0.2, 0) is 9.84 Å². The quantitative estimate of drug-likeness (QED) is 0.873. The minimum atomic E-state index is -3.33. The molecule has 90 valence electrons. The minimum absolute atomic E-state index is 0.0860. The molecule has 0 saturated heterocycles. The summed E-state index contributed by atoms with van der Waals surface area (Å²) in [6, 6.07) is 4.41. The first-order valence-corrected chi connectivity index (χ1v) is 6.89. The lowest BCUT2D eigenvalue weighted by molar-refractivity contribution is 0.340. The van der Waals surface area contributed by atoms with E-state index in [1.807, 2.05) is 6.92 Å². The summed E-state index contributed by atoms with van der Waals surface area (Å²) in [4.78, 5) is 0.173. The van der Waals surface area contributed by atoms with Crippen molar-refractivity contribution in [1.29, 1.82) is 0 Å². The van der Waals surface area contributed by atoms with Crippen molar-refractivity contribution >= 4 is 21.4 Å². The molecule has 0 bridgehead atoms. The molecule has 6 heteroatoms. The van der Waals surface area contributed by atoms with Gasteiger partial charge >= 0.3 is 0 Å². The molecule has 0 amide bonds. The second-order valence-electron chi connectivity index (χ2n) is 3.13. The number of nitrogens with two attached hydrogens (primary N) is 1. The third kappa shape index (κ3) is 3.10. The number of ether oxygens (including phenoxy) is 1. The molecule has 0 aliphatic heterocycles. The molecule has 0 atom stereocenters. The van der Waals surface area contributed by atoms with E-state index < -0.39 is 9.84 Å². The lowest BCUT2D eigenvalue weighted by Gasteiger charge is -2.08. The van der Waals surface area contributed by atoms with E-state index in [4.69, 9.17) is 22.1 Å². The van der Waals surface area contributed by atoms with E-state index in [9.17, 15) is 8.42 Å². The second kappa shape index (κ2) is 5.52. The fourth-order valence-corrected chi connectivity index (χ4v) is 2.64. The van der Waals surface area contributed by atoms with Gasteiger partial charge in [0, 0.05) is 6.54 Å². The molecule has 0 fully saturated rings. The molecule has 0 heterocycles. The van der Waals surface area contributed by atoms with Crippen LogP contribution in [0.2, 0.25) is 5.02 Å². The third-order valence-corrected chi connectivity index (χ3v) is 3.99. The predicted octanol–water partition coefficient (Wildman–Crippen LogP) is 1.47. The molecular formula is C10H14ClNO3S. The van der Waals surface area contributed by atoms with Gasteiger partial charge < -0.3 is 10.5 Å². The molecule has 0 radical (unpaired) electrons. The van der Waals surface area contributed by atoms with E-state index in [1.54, 1.807) is 6.07 Å². The Morgan fingerprint density at radius 1 is 1.44 bits per heavy atom. The molecule has 1 aromatic rings. The van der Waals surface area contributed by atoms with E-state index in [0.717, 1.165) is 0 Å². The van der Waals surface area contributed by atoms with Crippen molar-refractivity contribution in [2.45, 2.75) is 11.8 Å². The molecule has 0 saturated carbocycles. The summed E-state index contributed by atoms with van der Waals surface area (Å²) in [5.74, 6) is 0.396. The van der Waals surface area contributed by atoms with Crippen LogP contribution in [0.3, 0.4) is 0 Å². The van der Waals surface area contributed by atoms with Crippen molar-refractivity contribution in [3.8, 4) is 5.75 Å². The number of benzene rings is 1. The minimum Gasteiger partial charge on any atom is -0.492 e. The Bertz CT molecular complexity index is 459. The van der Waals surface area contributed by atoms with Gasteiger partial charge in [0.05, 0.1) is 22.3 Å². The molecule has 0 aliphatic rings. The summed E-state index contributed by atoms with van der Waals surface area (Å²) in [7, 11) is -3.33. The van der Waals surface area contributed by atoms with E-state index in [-0.39, 0.29) is 17.2 Å². The maximum absolute atomic E-state index is 11.7. The Morgan fingerprint density at radius 3 is 2.62 bits per heavy atom. The number of rotatable bonds is 5. The molecule has 16 heavy (non-hydrogen) atoms. The van der Waals surface area contributed by atoms with Crippen LogP contribution in [0, 0.1) is 0 Å². The predicted molar refractivity (Wildman–Crippen MR) is 63.7 cm³/mol. The monoisotopic (exact) mass is 263 g/mol. The lowest BCUT2D eigenvalue weighted by Crippen LogP contribution is -2.15. The fraction of sp³-hybridized carbons (Fsp3) is 0.400. The van der Waals surface area contributed by atoms with Gasteiger partial charge in [-0.2, -0.15) is 0 Å². The van der Waals surface area contributed by atoms with Crippen molar-refractivity contribution < 1.29 is 13.2 Å². The van der Waals surface area contributed by atoms with E-state index in [2.05, 4.69) is 0 Å². The largest absolute Gasteiger partial charge is 0.492 e. The Balaban J connectivity index is 3.06. The van der Waals surface area contributed by atoms with Crippen LogP contribution < -0.4 is 10.5 Å². The van der Waals surface area contributed by atoms with Gasteiger partial charge in [-0.05, 0) is 25.1 Å².